The van der Waals surface area contributed by atoms with Gasteiger partial charge in [-0.3, -0.25) is 4.79 Å². The van der Waals surface area contributed by atoms with E-state index in [2.05, 4.69) is 10.5 Å². The summed E-state index contributed by atoms with van der Waals surface area (Å²) in [6.45, 7) is 1.69. The number of carbonyl (C=O) groups excluding carboxylic acids is 1. The Kier molecular flexibility index (Phi) is 4.24. The molecule has 1 fully saturated rings. The summed E-state index contributed by atoms with van der Waals surface area (Å²) in [4.78, 5) is 23.6. The van der Waals surface area contributed by atoms with Crippen molar-refractivity contribution in [3.8, 4) is 17.0 Å². The highest BCUT2D eigenvalue weighted by Gasteiger charge is 2.33. The Labute approximate surface area is 138 Å². The van der Waals surface area contributed by atoms with E-state index in [0.29, 0.717) is 11.3 Å². The zero-order valence-corrected chi connectivity index (χ0v) is 13.4. The number of methoxy groups -OCH3 is 1. The van der Waals surface area contributed by atoms with Crippen molar-refractivity contribution < 1.29 is 24.0 Å². The summed E-state index contributed by atoms with van der Waals surface area (Å²) in [5.74, 6) is -0.401. The van der Waals surface area contributed by atoms with Crippen LogP contribution in [0.15, 0.2) is 28.8 Å². The second-order valence-corrected chi connectivity index (χ2v) is 5.81. The average Bonchev–Trinajstić information content (AvgIpc) is 3.33. The van der Waals surface area contributed by atoms with Gasteiger partial charge < -0.3 is 19.7 Å². The zero-order chi connectivity index (χ0) is 17.3. The van der Waals surface area contributed by atoms with Gasteiger partial charge in [-0.25, -0.2) is 4.79 Å². The summed E-state index contributed by atoms with van der Waals surface area (Å²) in [6, 6.07) is 6.28. The Morgan fingerprint density at radius 2 is 2.00 bits per heavy atom. The molecule has 7 heteroatoms. The van der Waals surface area contributed by atoms with Crippen LogP contribution in [0.1, 0.15) is 41.9 Å². The molecule has 1 amide bonds. The van der Waals surface area contributed by atoms with Gasteiger partial charge in [0.05, 0.1) is 13.2 Å². The van der Waals surface area contributed by atoms with E-state index >= 15 is 0 Å². The SMILES string of the molecule is COc1ccc(-c2noc(C(C)NC(=O)C3CC3)c2C(=O)O)cc1. The van der Waals surface area contributed by atoms with Gasteiger partial charge in [0.15, 0.2) is 5.76 Å². The van der Waals surface area contributed by atoms with Crippen molar-refractivity contribution in [3.05, 3.63) is 35.6 Å². The number of carboxylic acid groups (broad SMARTS) is 1. The molecular weight excluding hydrogens is 312 g/mol. The number of aromatic nitrogens is 1. The largest absolute Gasteiger partial charge is 0.497 e. The Morgan fingerprint density at radius 1 is 1.33 bits per heavy atom. The molecule has 1 saturated carbocycles. The van der Waals surface area contributed by atoms with Crippen molar-refractivity contribution in [2.45, 2.75) is 25.8 Å². The Bertz CT molecular complexity index is 762. The van der Waals surface area contributed by atoms with E-state index in [0.717, 1.165) is 12.8 Å². The highest BCUT2D eigenvalue weighted by molar-refractivity contribution is 5.96. The Hall–Kier alpha value is -2.83. The van der Waals surface area contributed by atoms with Crippen LogP contribution in [-0.2, 0) is 4.79 Å². The number of hydrogen-bond donors (Lipinski definition) is 2. The lowest BCUT2D eigenvalue weighted by Crippen LogP contribution is -2.28. The number of amides is 1. The molecule has 1 unspecified atom stereocenters. The molecule has 0 spiro atoms. The summed E-state index contributed by atoms with van der Waals surface area (Å²) < 4.78 is 10.3. The molecule has 7 nitrogen and oxygen atoms in total. The van der Waals surface area contributed by atoms with Crippen LogP contribution >= 0.6 is 0 Å². The third-order valence-electron chi connectivity index (χ3n) is 4.00. The van der Waals surface area contributed by atoms with Gasteiger partial charge in [0.2, 0.25) is 5.91 Å². The zero-order valence-electron chi connectivity index (χ0n) is 13.4. The molecule has 1 aromatic carbocycles. The number of rotatable bonds is 6. The molecule has 1 aromatic heterocycles. The van der Waals surface area contributed by atoms with Crippen LogP contribution in [-0.4, -0.2) is 29.2 Å². The van der Waals surface area contributed by atoms with Crippen molar-refractivity contribution >= 4 is 11.9 Å². The van der Waals surface area contributed by atoms with Gasteiger partial charge in [-0.1, -0.05) is 5.16 Å². The molecule has 126 valence electrons. The third kappa shape index (κ3) is 3.10. The maximum Gasteiger partial charge on any atom is 0.341 e. The van der Waals surface area contributed by atoms with Crippen LogP contribution < -0.4 is 10.1 Å². The summed E-state index contributed by atoms with van der Waals surface area (Å²) in [5.41, 5.74) is 0.792. The first-order valence-corrected chi connectivity index (χ1v) is 7.69. The smallest absolute Gasteiger partial charge is 0.341 e. The Balaban J connectivity index is 1.91. The topological polar surface area (TPSA) is 102 Å². The van der Waals surface area contributed by atoms with E-state index < -0.39 is 12.0 Å². The molecule has 2 N–H and O–H groups in total. The number of aromatic carboxylic acids is 1. The number of nitrogens with one attached hydrogen (secondary N) is 1. The first-order chi connectivity index (χ1) is 11.5. The standard InChI is InChI=1S/C17H18N2O5/c1-9(18-16(20)11-3-4-11)15-13(17(21)22)14(19-24-15)10-5-7-12(23-2)8-6-10/h5-9,11H,3-4H2,1-2H3,(H,18,20)(H,21,22). The summed E-state index contributed by atoms with van der Waals surface area (Å²) in [5, 5.41) is 16.2. The minimum Gasteiger partial charge on any atom is -0.497 e. The van der Waals surface area contributed by atoms with Crippen LogP contribution in [0, 0.1) is 5.92 Å². The van der Waals surface area contributed by atoms with E-state index in [-0.39, 0.29) is 28.8 Å². The van der Waals surface area contributed by atoms with Gasteiger partial charge >= 0.3 is 5.97 Å². The van der Waals surface area contributed by atoms with Crippen molar-refractivity contribution in [2.24, 2.45) is 5.92 Å². The predicted molar refractivity (Wildman–Crippen MR) is 84.7 cm³/mol. The summed E-state index contributed by atoms with van der Waals surface area (Å²) in [7, 11) is 1.55. The lowest BCUT2D eigenvalue weighted by molar-refractivity contribution is -0.123. The highest BCUT2D eigenvalue weighted by Crippen LogP contribution is 2.32. The van der Waals surface area contributed by atoms with E-state index in [1.165, 1.54) is 0 Å². The van der Waals surface area contributed by atoms with Crippen LogP contribution in [0.5, 0.6) is 5.75 Å². The minimum absolute atomic E-state index is 0.0321. The fourth-order valence-corrected chi connectivity index (χ4v) is 2.49. The van der Waals surface area contributed by atoms with Gasteiger partial charge in [-0.05, 0) is 44.0 Å². The van der Waals surface area contributed by atoms with Gasteiger partial charge in [0, 0.05) is 11.5 Å². The van der Waals surface area contributed by atoms with Crippen molar-refractivity contribution in [3.63, 3.8) is 0 Å². The second kappa shape index (κ2) is 6.35. The van der Waals surface area contributed by atoms with E-state index in [1.807, 2.05) is 0 Å². The Morgan fingerprint density at radius 3 is 2.54 bits per heavy atom. The molecule has 24 heavy (non-hydrogen) atoms. The first-order valence-electron chi connectivity index (χ1n) is 7.69. The van der Waals surface area contributed by atoms with Crippen molar-refractivity contribution in [1.29, 1.82) is 0 Å². The molecule has 0 radical (unpaired) electrons. The second-order valence-electron chi connectivity index (χ2n) is 5.81. The fourth-order valence-electron chi connectivity index (χ4n) is 2.49. The highest BCUT2D eigenvalue weighted by atomic mass is 16.5. The lowest BCUT2D eigenvalue weighted by Gasteiger charge is -2.11. The van der Waals surface area contributed by atoms with Crippen molar-refractivity contribution in [1.82, 2.24) is 10.5 Å². The average molecular weight is 330 g/mol. The number of carbonyl (C=O) groups is 2. The third-order valence-corrected chi connectivity index (χ3v) is 4.00. The number of benzene rings is 1. The fraction of sp³-hybridized carbons (Fsp3) is 0.353. The maximum atomic E-state index is 11.9. The van der Waals surface area contributed by atoms with Crippen LogP contribution in [0.2, 0.25) is 0 Å². The van der Waals surface area contributed by atoms with Crippen molar-refractivity contribution in [2.75, 3.05) is 7.11 Å². The molecule has 1 atom stereocenters. The number of hydrogen-bond acceptors (Lipinski definition) is 5. The molecule has 2 aromatic rings. The summed E-state index contributed by atoms with van der Waals surface area (Å²) >= 11 is 0. The first kappa shape index (κ1) is 16.0. The number of carboxylic acids is 1. The van der Waals surface area contributed by atoms with E-state index in [9.17, 15) is 14.7 Å². The molecule has 0 saturated heterocycles. The molecule has 1 aliphatic rings. The van der Waals surface area contributed by atoms with Gasteiger partial charge in [-0.15, -0.1) is 0 Å². The van der Waals surface area contributed by atoms with Crippen LogP contribution in [0.4, 0.5) is 0 Å². The number of nitrogens with zero attached hydrogens (tertiary/aromatic N) is 1. The van der Waals surface area contributed by atoms with Gasteiger partial charge in [-0.2, -0.15) is 0 Å². The van der Waals surface area contributed by atoms with E-state index in [1.54, 1.807) is 38.3 Å². The molecule has 1 aliphatic carbocycles. The summed E-state index contributed by atoms with van der Waals surface area (Å²) in [6.07, 6.45) is 1.75. The molecule has 3 rings (SSSR count). The van der Waals surface area contributed by atoms with Crippen LogP contribution in [0.25, 0.3) is 11.3 Å². The molecular formula is C17H18N2O5. The number of ether oxygens (including phenoxy) is 1. The molecule has 1 heterocycles. The maximum absolute atomic E-state index is 11.9. The minimum atomic E-state index is -1.15. The van der Waals surface area contributed by atoms with Gasteiger partial charge in [0.25, 0.3) is 0 Å². The molecule has 0 aliphatic heterocycles. The molecule has 0 bridgehead atoms. The quantitative estimate of drug-likeness (QED) is 0.844. The monoisotopic (exact) mass is 330 g/mol. The van der Waals surface area contributed by atoms with E-state index in [4.69, 9.17) is 9.26 Å². The lowest BCUT2D eigenvalue weighted by atomic mass is 10.0. The van der Waals surface area contributed by atoms with Crippen LogP contribution in [0.3, 0.4) is 0 Å². The predicted octanol–water partition coefficient (Wildman–Crippen LogP) is 2.64. The van der Waals surface area contributed by atoms with Gasteiger partial charge in [0.1, 0.15) is 17.0 Å². The normalized spacial score (nSPS) is 14.9.